The first-order chi connectivity index (χ1) is 16.0. The van der Waals surface area contributed by atoms with E-state index in [1.807, 2.05) is 48.5 Å². The van der Waals surface area contributed by atoms with E-state index in [0.717, 1.165) is 38.6 Å². The third-order valence-corrected chi connectivity index (χ3v) is 6.52. The SMILES string of the molecule is CC(C)(C)c1ccc2c(-c3ccccc3)c(OP(O)O)c(C(C)(C)C)c(-c3ccccc3)c2c1. The monoisotopic (exact) mass is 472 g/mol. The highest BCUT2D eigenvalue weighted by atomic mass is 31.2. The van der Waals surface area contributed by atoms with Gasteiger partial charge < -0.3 is 14.3 Å². The molecule has 0 saturated carbocycles. The van der Waals surface area contributed by atoms with Gasteiger partial charge in [-0.2, -0.15) is 0 Å². The molecule has 0 fully saturated rings. The Morgan fingerprint density at radius 2 is 1.15 bits per heavy atom. The predicted molar refractivity (Wildman–Crippen MR) is 144 cm³/mol. The molecule has 0 heterocycles. The maximum Gasteiger partial charge on any atom is 0.391 e. The van der Waals surface area contributed by atoms with Crippen LogP contribution in [0.2, 0.25) is 0 Å². The molecule has 2 N–H and O–H groups in total. The van der Waals surface area contributed by atoms with Crippen LogP contribution >= 0.6 is 8.60 Å². The van der Waals surface area contributed by atoms with E-state index < -0.39 is 8.60 Å². The number of benzene rings is 4. The van der Waals surface area contributed by atoms with Gasteiger partial charge in [0.2, 0.25) is 0 Å². The summed E-state index contributed by atoms with van der Waals surface area (Å²) in [6, 6.07) is 27.0. The van der Waals surface area contributed by atoms with Crippen molar-refractivity contribution >= 4 is 19.4 Å². The second-order valence-electron chi connectivity index (χ2n) is 10.8. The Labute approximate surface area is 204 Å². The second-order valence-corrected chi connectivity index (χ2v) is 11.5. The fraction of sp³-hybridized carbons (Fsp3) is 0.267. The van der Waals surface area contributed by atoms with E-state index in [2.05, 4.69) is 71.9 Å². The minimum atomic E-state index is -2.61. The molecule has 4 aromatic rings. The van der Waals surface area contributed by atoms with Gasteiger partial charge in [-0.15, -0.1) is 0 Å². The molecule has 0 saturated heterocycles. The molecule has 0 unspecified atom stereocenters. The highest BCUT2D eigenvalue weighted by molar-refractivity contribution is 7.39. The maximum atomic E-state index is 10.0. The molecular weight excluding hydrogens is 439 g/mol. The normalized spacial score (nSPS) is 12.4. The van der Waals surface area contributed by atoms with Crippen LogP contribution < -0.4 is 4.52 Å². The molecular formula is C30H33O3P. The van der Waals surface area contributed by atoms with Crippen LogP contribution in [-0.2, 0) is 10.8 Å². The zero-order chi connectivity index (χ0) is 24.7. The fourth-order valence-electron chi connectivity index (χ4n) is 4.62. The first kappa shape index (κ1) is 24.4. The molecule has 4 heteroatoms. The lowest BCUT2D eigenvalue weighted by atomic mass is 9.75. The predicted octanol–water partition coefficient (Wildman–Crippen LogP) is 8.36. The summed E-state index contributed by atoms with van der Waals surface area (Å²) in [5.74, 6) is 0.532. The largest absolute Gasteiger partial charge is 0.426 e. The zero-order valence-corrected chi connectivity index (χ0v) is 21.6. The molecule has 4 rings (SSSR count). The smallest absolute Gasteiger partial charge is 0.391 e. The summed E-state index contributed by atoms with van der Waals surface area (Å²) in [7, 11) is -2.61. The molecule has 0 atom stereocenters. The van der Waals surface area contributed by atoms with E-state index >= 15 is 0 Å². The van der Waals surface area contributed by atoms with Crippen LogP contribution in [0, 0.1) is 0 Å². The van der Waals surface area contributed by atoms with Crippen molar-refractivity contribution < 1.29 is 14.3 Å². The first-order valence-electron chi connectivity index (χ1n) is 11.6. The number of fused-ring (bicyclic) bond motifs is 1. The van der Waals surface area contributed by atoms with E-state index in [-0.39, 0.29) is 10.8 Å². The molecule has 4 aromatic carbocycles. The van der Waals surface area contributed by atoms with Crippen molar-refractivity contribution in [2.75, 3.05) is 0 Å². The summed E-state index contributed by atoms with van der Waals surface area (Å²) in [6.45, 7) is 13.1. The Bertz CT molecular complexity index is 1300. The van der Waals surface area contributed by atoms with Crippen molar-refractivity contribution in [3.8, 4) is 28.0 Å². The van der Waals surface area contributed by atoms with Gasteiger partial charge in [-0.3, -0.25) is 0 Å². The number of hydrogen-bond donors (Lipinski definition) is 2. The topological polar surface area (TPSA) is 49.7 Å². The van der Waals surface area contributed by atoms with Crippen LogP contribution in [0.15, 0.2) is 78.9 Å². The molecule has 0 spiro atoms. The summed E-state index contributed by atoms with van der Waals surface area (Å²) in [4.78, 5) is 20.1. The first-order valence-corrected chi connectivity index (χ1v) is 12.8. The molecule has 3 nitrogen and oxygen atoms in total. The van der Waals surface area contributed by atoms with Gasteiger partial charge in [-0.1, -0.05) is 114 Å². The number of rotatable bonds is 4. The molecule has 0 aliphatic carbocycles. The summed E-state index contributed by atoms with van der Waals surface area (Å²) in [5, 5.41) is 2.16. The Morgan fingerprint density at radius 3 is 1.62 bits per heavy atom. The van der Waals surface area contributed by atoms with E-state index in [1.165, 1.54) is 5.56 Å². The maximum absolute atomic E-state index is 10.0. The third kappa shape index (κ3) is 4.74. The van der Waals surface area contributed by atoms with Gasteiger partial charge >= 0.3 is 8.60 Å². The van der Waals surface area contributed by atoms with E-state index in [4.69, 9.17) is 4.52 Å². The van der Waals surface area contributed by atoms with Crippen LogP contribution in [0.4, 0.5) is 0 Å². The summed E-state index contributed by atoms with van der Waals surface area (Å²) in [5.41, 5.74) is 5.87. The van der Waals surface area contributed by atoms with Crippen molar-refractivity contribution in [1.82, 2.24) is 0 Å². The van der Waals surface area contributed by atoms with Gasteiger partial charge in [-0.05, 0) is 49.9 Å². The van der Waals surface area contributed by atoms with Crippen LogP contribution in [0.1, 0.15) is 52.7 Å². The molecule has 0 aliphatic heterocycles. The molecule has 0 aliphatic rings. The van der Waals surface area contributed by atoms with Crippen molar-refractivity contribution in [3.63, 3.8) is 0 Å². The second kappa shape index (κ2) is 9.15. The lowest BCUT2D eigenvalue weighted by Gasteiger charge is -2.31. The Morgan fingerprint density at radius 1 is 0.618 bits per heavy atom. The van der Waals surface area contributed by atoms with Gasteiger partial charge in [0.15, 0.2) is 0 Å². The summed E-state index contributed by atoms with van der Waals surface area (Å²) < 4.78 is 5.90. The average Bonchev–Trinajstić information content (AvgIpc) is 2.77. The molecule has 34 heavy (non-hydrogen) atoms. The van der Waals surface area contributed by atoms with Crippen molar-refractivity contribution in [3.05, 3.63) is 90.0 Å². The summed E-state index contributed by atoms with van der Waals surface area (Å²) in [6.07, 6.45) is 0. The minimum Gasteiger partial charge on any atom is -0.426 e. The van der Waals surface area contributed by atoms with Gasteiger partial charge in [0.1, 0.15) is 5.75 Å². The lowest BCUT2D eigenvalue weighted by molar-refractivity contribution is 0.371. The van der Waals surface area contributed by atoms with Crippen LogP contribution in [0.3, 0.4) is 0 Å². The Balaban J connectivity index is 2.29. The number of hydrogen-bond acceptors (Lipinski definition) is 3. The van der Waals surface area contributed by atoms with Crippen LogP contribution in [0.5, 0.6) is 5.75 Å². The standard InChI is InChI=1S/C30H33O3P/c1-29(2,3)22-17-18-23-24(19-22)25(20-13-9-7-10-14-20)27(30(4,5)6)28(33-34(31)32)26(23)21-15-11-8-12-16-21/h7-19,31-32H,1-6H3. The van der Waals surface area contributed by atoms with E-state index in [9.17, 15) is 9.79 Å². The van der Waals surface area contributed by atoms with Gasteiger partial charge in [0.25, 0.3) is 0 Å². The van der Waals surface area contributed by atoms with Gasteiger partial charge in [-0.25, -0.2) is 0 Å². The highest BCUT2D eigenvalue weighted by Gasteiger charge is 2.31. The quantitative estimate of drug-likeness (QED) is 0.293. The molecule has 0 amide bonds. The van der Waals surface area contributed by atoms with Crippen molar-refractivity contribution in [2.45, 2.75) is 52.4 Å². The van der Waals surface area contributed by atoms with Crippen LogP contribution in [-0.4, -0.2) is 9.79 Å². The molecule has 0 aromatic heterocycles. The Kier molecular flexibility index (Phi) is 6.57. The zero-order valence-electron chi connectivity index (χ0n) is 20.8. The van der Waals surface area contributed by atoms with E-state index in [1.54, 1.807) is 0 Å². The average molecular weight is 473 g/mol. The molecule has 0 radical (unpaired) electrons. The lowest BCUT2D eigenvalue weighted by Crippen LogP contribution is -2.16. The fourth-order valence-corrected chi connectivity index (χ4v) is 4.96. The van der Waals surface area contributed by atoms with Gasteiger partial charge in [0, 0.05) is 11.1 Å². The summed E-state index contributed by atoms with van der Waals surface area (Å²) >= 11 is 0. The highest BCUT2D eigenvalue weighted by Crippen LogP contribution is 2.53. The van der Waals surface area contributed by atoms with Gasteiger partial charge in [0.05, 0.1) is 0 Å². The van der Waals surface area contributed by atoms with Crippen molar-refractivity contribution in [1.29, 1.82) is 0 Å². The van der Waals surface area contributed by atoms with E-state index in [0.29, 0.717) is 5.75 Å². The molecule has 0 bridgehead atoms. The third-order valence-electron chi connectivity index (χ3n) is 6.18. The molecule has 176 valence electrons. The van der Waals surface area contributed by atoms with Crippen molar-refractivity contribution in [2.24, 2.45) is 0 Å². The van der Waals surface area contributed by atoms with Crippen LogP contribution in [0.25, 0.3) is 33.0 Å². The minimum absolute atomic E-state index is 0.0172. The Hall–Kier alpha value is -2.71.